The van der Waals surface area contributed by atoms with Gasteiger partial charge in [-0.1, -0.05) is 18.2 Å². The maximum absolute atomic E-state index is 13.4. The Bertz CT molecular complexity index is 601. The fraction of sp³-hybridized carbons (Fsp3) is 0.0769. The first-order valence-corrected chi connectivity index (χ1v) is 5.73. The van der Waals surface area contributed by atoms with Crippen molar-refractivity contribution in [3.63, 3.8) is 0 Å². The second-order valence-corrected chi connectivity index (χ2v) is 4.18. The van der Waals surface area contributed by atoms with Crippen molar-refractivity contribution in [2.75, 3.05) is 0 Å². The van der Waals surface area contributed by atoms with E-state index in [1.54, 1.807) is 0 Å². The Morgan fingerprint density at radius 2 is 1.52 bits per heavy atom. The third-order valence-electron chi connectivity index (χ3n) is 2.64. The molecule has 0 saturated carbocycles. The fourth-order valence-electron chi connectivity index (χ4n) is 1.58. The Labute approximate surface area is 161 Å². The number of halogens is 5. The molecule has 0 heterocycles. The Hall–Kier alpha value is -0.409. The zero-order valence-electron chi connectivity index (χ0n) is 11.1. The Kier molecular flexibility index (Phi) is 6.86. The molecule has 1 nitrogen and oxygen atoms in total. The quantitative estimate of drug-likeness (QED) is 0.591. The minimum atomic E-state index is -5.21. The van der Waals surface area contributed by atoms with Crippen LogP contribution >= 0.6 is 0 Å². The van der Waals surface area contributed by atoms with E-state index in [9.17, 15) is 21.7 Å². The second-order valence-electron chi connectivity index (χ2n) is 4.18. The van der Waals surface area contributed by atoms with Gasteiger partial charge in [0.2, 0.25) is 0 Å². The van der Waals surface area contributed by atoms with E-state index in [1.807, 2.05) is 0 Å². The summed E-state index contributed by atoms with van der Waals surface area (Å²) in [5.41, 5.74) is -0.408. The van der Waals surface area contributed by atoms with Crippen LogP contribution in [0.15, 0.2) is 42.5 Å². The predicted octanol–water partition coefficient (Wildman–Crippen LogP) is 0.602. The zero-order chi connectivity index (χ0) is 14.8. The van der Waals surface area contributed by atoms with Gasteiger partial charge in [0, 0.05) is 0 Å². The van der Waals surface area contributed by atoms with Gasteiger partial charge in [-0.25, -0.2) is 8.78 Å². The second kappa shape index (κ2) is 7.73. The van der Waals surface area contributed by atoms with Crippen LogP contribution in [0.5, 0.6) is 5.75 Å². The Balaban J connectivity index is 0.00000220. The van der Waals surface area contributed by atoms with E-state index in [0.717, 1.165) is 0 Å². The molecule has 0 aliphatic carbocycles. The van der Waals surface area contributed by atoms with Crippen LogP contribution in [0.4, 0.5) is 21.7 Å². The van der Waals surface area contributed by atoms with E-state index in [4.69, 9.17) is 4.74 Å². The minimum absolute atomic E-state index is 0. The van der Waals surface area contributed by atoms with E-state index < -0.39 is 29.8 Å². The van der Waals surface area contributed by atoms with Gasteiger partial charge in [-0.3, -0.25) is 0 Å². The molecule has 0 radical (unpaired) electrons. The zero-order valence-corrected chi connectivity index (χ0v) is 14.2. The summed E-state index contributed by atoms with van der Waals surface area (Å²) in [7, 11) is 0. The standard InChI is InChI=1S/C13H9BF5O.K/c15-11-4-1-9(2-5-11)8-20-13-7-10(14(17,18)19)3-6-12(13)16;/h1-7H,8H2;/q-1;+1. The first-order valence-electron chi connectivity index (χ1n) is 5.73. The van der Waals surface area contributed by atoms with Crippen molar-refractivity contribution in [3.8, 4) is 5.75 Å². The molecule has 0 unspecified atom stereocenters. The normalized spacial score (nSPS) is 10.9. The summed E-state index contributed by atoms with van der Waals surface area (Å²) in [6.07, 6.45) is 0. The Morgan fingerprint density at radius 3 is 2.10 bits per heavy atom. The van der Waals surface area contributed by atoms with E-state index in [-0.39, 0.29) is 58.0 Å². The molecule has 0 saturated heterocycles. The fourth-order valence-corrected chi connectivity index (χ4v) is 1.58. The van der Waals surface area contributed by atoms with Crippen molar-refractivity contribution in [3.05, 3.63) is 59.7 Å². The van der Waals surface area contributed by atoms with Crippen LogP contribution < -0.4 is 61.6 Å². The van der Waals surface area contributed by atoms with E-state index in [2.05, 4.69) is 0 Å². The summed E-state index contributed by atoms with van der Waals surface area (Å²) in [4.78, 5) is 0. The summed E-state index contributed by atoms with van der Waals surface area (Å²) in [6, 6.07) is 7.19. The van der Waals surface area contributed by atoms with E-state index >= 15 is 0 Å². The molecule has 0 aliphatic rings. The number of hydrogen-bond acceptors (Lipinski definition) is 1. The van der Waals surface area contributed by atoms with Crippen LogP contribution in [0.1, 0.15) is 5.56 Å². The first kappa shape index (κ1) is 18.6. The van der Waals surface area contributed by atoms with Crippen LogP contribution in [-0.4, -0.2) is 6.98 Å². The molecule has 8 heteroatoms. The van der Waals surface area contributed by atoms with Gasteiger partial charge < -0.3 is 17.7 Å². The molecule has 2 aromatic carbocycles. The molecule has 0 N–H and O–H groups in total. The summed E-state index contributed by atoms with van der Waals surface area (Å²) < 4.78 is 68.7. The number of rotatable bonds is 4. The average Bonchev–Trinajstić information content (AvgIpc) is 2.38. The third-order valence-corrected chi connectivity index (χ3v) is 2.64. The van der Waals surface area contributed by atoms with Gasteiger partial charge in [-0.2, -0.15) is 0 Å². The van der Waals surface area contributed by atoms with E-state index in [0.29, 0.717) is 23.8 Å². The van der Waals surface area contributed by atoms with Crippen molar-refractivity contribution in [1.82, 2.24) is 0 Å². The minimum Gasteiger partial charge on any atom is -0.486 e. The molecular weight excluding hydrogens is 317 g/mol. The van der Waals surface area contributed by atoms with Crippen molar-refractivity contribution in [2.45, 2.75) is 6.61 Å². The molecule has 0 bridgehead atoms. The smallest absolute Gasteiger partial charge is 0.486 e. The summed E-state index contributed by atoms with van der Waals surface area (Å²) in [6.45, 7) is -5.36. The molecule has 0 aliphatic heterocycles. The van der Waals surface area contributed by atoms with Crippen molar-refractivity contribution in [2.24, 2.45) is 0 Å². The van der Waals surface area contributed by atoms with Gasteiger partial charge in [0.1, 0.15) is 12.4 Å². The average molecular weight is 326 g/mol. The molecule has 21 heavy (non-hydrogen) atoms. The molecule has 2 rings (SSSR count). The molecule has 2 aromatic rings. The van der Waals surface area contributed by atoms with Crippen LogP contribution in [0, 0.1) is 11.6 Å². The monoisotopic (exact) mass is 326 g/mol. The molecule has 0 amide bonds. The van der Waals surface area contributed by atoms with Crippen LogP contribution in [-0.2, 0) is 6.61 Å². The van der Waals surface area contributed by atoms with Gasteiger partial charge in [0.05, 0.1) is 0 Å². The summed E-state index contributed by atoms with van der Waals surface area (Å²) in [5.74, 6) is -1.80. The number of hydrogen-bond donors (Lipinski definition) is 0. The maximum Gasteiger partial charge on any atom is 1.00 e. The topological polar surface area (TPSA) is 9.23 Å². The largest absolute Gasteiger partial charge is 1.00 e. The van der Waals surface area contributed by atoms with Gasteiger partial charge in [0.15, 0.2) is 11.6 Å². The van der Waals surface area contributed by atoms with Gasteiger partial charge in [0.25, 0.3) is 0 Å². The molecular formula is C13H9BF5KO. The van der Waals surface area contributed by atoms with E-state index in [1.165, 1.54) is 24.3 Å². The summed E-state index contributed by atoms with van der Waals surface area (Å²) in [5, 5.41) is 0. The van der Waals surface area contributed by atoms with Crippen molar-refractivity contribution in [1.29, 1.82) is 0 Å². The molecule has 0 atom stereocenters. The predicted molar refractivity (Wildman–Crippen MR) is 65.8 cm³/mol. The number of ether oxygens (including phenoxy) is 1. The van der Waals surface area contributed by atoms with Crippen LogP contribution in [0.25, 0.3) is 0 Å². The summed E-state index contributed by atoms with van der Waals surface area (Å²) >= 11 is 0. The Morgan fingerprint density at radius 1 is 0.905 bits per heavy atom. The van der Waals surface area contributed by atoms with Gasteiger partial charge in [-0.05, 0) is 29.8 Å². The molecule has 0 fully saturated rings. The van der Waals surface area contributed by atoms with Gasteiger partial charge in [-0.15, -0.1) is 5.46 Å². The first-order chi connectivity index (χ1) is 9.36. The molecule has 0 spiro atoms. The van der Waals surface area contributed by atoms with Crippen molar-refractivity contribution >= 4 is 12.4 Å². The maximum atomic E-state index is 13.4. The SMILES string of the molecule is Fc1ccc(COc2cc([B-](F)(F)F)ccc2F)cc1.[K+]. The third kappa shape index (κ3) is 5.37. The molecule has 106 valence electrons. The van der Waals surface area contributed by atoms with Crippen LogP contribution in [0.2, 0.25) is 0 Å². The number of benzene rings is 2. The van der Waals surface area contributed by atoms with Gasteiger partial charge >= 0.3 is 58.4 Å². The van der Waals surface area contributed by atoms with Crippen molar-refractivity contribution < 1.29 is 77.8 Å². The molecule has 0 aromatic heterocycles. The van der Waals surface area contributed by atoms with Crippen LogP contribution in [0.3, 0.4) is 0 Å².